The van der Waals surface area contributed by atoms with E-state index in [0.717, 1.165) is 12.0 Å². The third-order valence-electron chi connectivity index (χ3n) is 1.68. The van der Waals surface area contributed by atoms with Crippen molar-refractivity contribution in [2.45, 2.75) is 12.8 Å². The zero-order valence-corrected chi connectivity index (χ0v) is 8.59. The van der Waals surface area contributed by atoms with Crippen LogP contribution >= 0.6 is 12.2 Å². The lowest BCUT2D eigenvalue weighted by Crippen LogP contribution is -2.04. The monoisotopic (exact) mass is 205 g/mol. The van der Waals surface area contributed by atoms with Gasteiger partial charge < -0.3 is 4.74 Å². The molecule has 1 aromatic rings. The van der Waals surface area contributed by atoms with Crippen LogP contribution in [0.3, 0.4) is 0 Å². The van der Waals surface area contributed by atoms with Gasteiger partial charge in [-0.05, 0) is 18.6 Å². The number of unbranched alkanes of at least 4 members (excludes halogenated alkanes) is 1. The van der Waals surface area contributed by atoms with E-state index in [9.17, 15) is 0 Å². The van der Waals surface area contributed by atoms with Crippen molar-refractivity contribution in [3.63, 3.8) is 0 Å². The molecule has 0 spiro atoms. The van der Waals surface area contributed by atoms with Crippen molar-refractivity contribution in [1.29, 1.82) is 5.26 Å². The van der Waals surface area contributed by atoms with Gasteiger partial charge in [0.05, 0.1) is 12.7 Å². The molecule has 0 bridgehead atoms. The van der Waals surface area contributed by atoms with Crippen molar-refractivity contribution >= 4 is 17.3 Å². The fourth-order valence-corrected chi connectivity index (χ4v) is 1.19. The molecule has 0 aliphatic carbocycles. The Morgan fingerprint density at radius 3 is 2.71 bits per heavy atom. The summed E-state index contributed by atoms with van der Waals surface area (Å²) in [5.41, 5.74) is 0.916. The SMILES string of the molecule is N#CCCCOC(=S)c1ccccc1. The van der Waals surface area contributed by atoms with Crippen LogP contribution in [0.15, 0.2) is 30.3 Å². The number of nitriles is 1. The molecular formula is C11H11NOS. The van der Waals surface area contributed by atoms with Crippen molar-refractivity contribution in [3.05, 3.63) is 35.9 Å². The third kappa shape index (κ3) is 3.55. The Kier molecular flexibility index (Phi) is 4.66. The molecule has 2 nitrogen and oxygen atoms in total. The van der Waals surface area contributed by atoms with Crippen molar-refractivity contribution in [2.24, 2.45) is 0 Å². The minimum Gasteiger partial charge on any atom is -0.483 e. The van der Waals surface area contributed by atoms with Gasteiger partial charge in [-0.1, -0.05) is 30.3 Å². The molecule has 0 heterocycles. The van der Waals surface area contributed by atoms with Crippen molar-refractivity contribution in [1.82, 2.24) is 0 Å². The summed E-state index contributed by atoms with van der Waals surface area (Å²) in [7, 11) is 0. The highest BCUT2D eigenvalue weighted by atomic mass is 32.1. The first-order chi connectivity index (χ1) is 6.84. The molecule has 3 heteroatoms. The second-order valence-corrected chi connectivity index (χ2v) is 3.13. The van der Waals surface area contributed by atoms with Crippen LogP contribution in [0.4, 0.5) is 0 Å². The molecule has 0 unspecified atom stereocenters. The highest BCUT2D eigenvalue weighted by molar-refractivity contribution is 7.80. The van der Waals surface area contributed by atoms with Gasteiger partial charge in [0.25, 0.3) is 0 Å². The van der Waals surface area contributed by atoms with E-state index in [-0.39, 0.29) is 0 Å². The van der Waals surface area contributed by atoms with E-state index in [2.05, 4.69) is 6.07 Å². The molecule has 0 saturated heterocycles. The molecule has 1 aromatic carbocycles. The van der Waals surface area contributed by atoms with Crippen molar-refractivity contribution in [3.8, 4) is 6.07 Å². The molecule has 0 N–H and O–H groups in total. The van der Waals surface area contributed by atoms with Crippen LogP contribution in [0.1, 0.15) is 18.4 Å². The average Bonchev–Trinajstić information content (AvgIpc) is 2.25. The summed E-state index contributed by atoms with van der Waals surface area (Å²) in [6, 6.07) is 11.6. The molecule has 0 aliphatic heterocycles. The van der Waals surface area contributed by atoms with Gasteiger partial charge in [-0.3, -0.25) is 0 Å². The van der Waals surface area contributed by atoms with E-state index in [1.54, 1.807) is 0 Å². The highest BCUT2D eigenvalue weighted by Gasteiger charge is 1.99. The fraction of sp³-hybridized carbons (Fsp3) is 0.273. The van der Waals surface area contributed by atoms with Gasteiger partial charge >= 0.3 is 0 Å². The van der Waals surface area contributed by atoms with Gasteiger partial charge in [-0.25, -0.2) is 0 Å². The summed E-state index contributed by atoms with van der Waals surface area (Å²) in [6.07, 6.45) is 1.24. The van der Waals surface area contributed by atoms with Gasteiger partial charge in [-0.2, -0.15) is 5.26 Å². The largest absolute Gasteiger partial charge is 0.483 e. The van der Waals surface area contributed by atoms with Gasteiger partial charge in [0, 0.05) is 12.0 Å². The normalized spacial score (nSPS) is 9.07. The zero-order chi connectivity index (χ0) is 10.2. The Labute approximate surface area is 89.1 Å². The number of nitrogens with zero attached hydrogens (tertiary/aromatic N) is 1. The van der Waals surface area contributed by atoms with E-state index >= 15 is 0 Å². The molecule has 0 fully saturated rings. The molecule has 0 radical (unpaired) electrons. The Bertz CT molecular complexity index is 329. The third-order valence-corrected chi connectivity index (χ3v) is 2.03. The lowest BCUT2D eigenvalue weighted by molar-refractivity contribution is 0.309. The van der Waals surface area contributed by atoms with Crippen LogP contribution in [-0.2, 0) is 4.74 Å². The minimum absolute atomic E-state index is 0.503. The first-order valence-electron chi connectivity index (χ1n) is 4.43. The maximum absolute atomic E-state index is 8.31. The summed E-state index contributed by atoms with van der Waals surface area (Å²) in [4.78, 5) is 0. The molecule has 14 heavy (non-hydrogen) atoms. The lowest BCUT2D eigenvalue weighted by Gasteiger charge is -2.05. The number of ether oxygens (including phenoxy) is 1. The summed E-state index contributed by atoms with van der Waals surface area (Å²) in [5, 5.41) is 8.81. The second-order valence-electron chi connectivity index (χ2n) is 2.76. The predicted molar refractivity (Wildman–Crippen MR) is 58.9 cm³/mol. The molecule has 0 aliphatic rings. The van der Waals surface area contributed by atoms with E-state index in [0.29, 0.717) is 18.1 Å². The van der Waals surface area contributed by atoms with Crippen LogP contribution in [0.2, 0.25) is 0 Å². The molecule has 1 rings (SSSR count). The number of hydrogen-bond acceptors (Lipinski definition) is 3. The van der Waals surface area contributed by atoms with Crippen molar-refractivity contribution in [2.75, 3.05) is 6.61 Å². The molecular weight excluding hydrogens is 194 g/mol. The number of thiocarbonyl (C=S) groups is 1. The van der Waals surface area contributed by atoms with E-state index in [1.165, 1.54) is 0 Å². The van der Waals surface area contributed by atoms with E-state index in [1.807, 2.05) is 30.3 Å². The number of hydrogen-bond donors (Lipinski definition) is 0. The number of rotatable bonds is 4. The van der Waals surface area contributed by atoms with Gasteiger partial charge in [0.1, 0.15) is 0 Å². The lowest BCUT2D eigenvalue weighted by atomic mass is 10.2. The van der Waals surface area contributed by atoms with Crippen molar-refractivity contribution < 1.29 is 4.74 Å². The van der Waals surface area contributed by atoms with Gasteiger partial charge in [0.2, 0.25) is 0 Å². The summed E-state index contributed by atoms with van der Waals surface area (Å²) >= 11 is 5.06. The minimum atomic E-state index is 0.503. The van der Waals surface area contributed by atoms with Crippen LogP contribution in [-0.4, -0.2) is 11.7 Å². The zero-order valence-electron chi connectivity index (χ0n) is 7.77. The molecule has 72 valence electrons. The molecule has 0 amide bonds. The standard InChI is InChI=1S/C11H11NOS/c12-8-4-5-9-13-11(14)10-6-2-1-3-7-10/h1-3,6-7H,4-5,9H2. The summed E-state index contributed by atoms with van der Waals surface area (Å²) in [6.45, 7) is 0.515. The maximum Gasteiger partial charge on any atom is 0.191 e. The fourth-order valence-electron chi connectivity index (χ4n) is 0.974. The van der Waals surface area contributed by atoms with Gasteiger partial charge in [-0.15, -0.1) is 0 Å². The number of benzene rings is 1. The summed E-state index contributed by atoms with van der Waals surface area (Å²) < 4.78 is 5.31. The van der Waals surface area contributed by atoms with Crippen LogP contribution in [0.25, 0.3) is 0 Å². The molecule has 0 saturated carbocycles. The maximum atomic E-state index is 8.31. The molecule has 0 aromatic heterocycles. The first-order valence-corrected chi connectivity index (χ1v) is 4.84. The van der Waals surface area contributed by atoms with E-state index in [4.69, 9.17) is 22.2 Å². The predicted octanol–water partition coefficient (Wildman–Crippen LogP) is 2.68. The summed E-state index contributed by atoms with van der Waals surface area (Å²) in [5.74, 6) is 0. The Hall–Kier alpha value is -1.40. The van der Waals surface area contributed by atoms with E-state index < -0.39 is 0 Å². The average molecular weight is 205 g/mol. The first kappa shape index (κ1) is 10.7. The smallest absolute Gasteiger partial charge is 0.191 e. The Morgan fingerprint density at radius 1 is 1.36 bits per heavy atom. The topological polar surface area (TPSA) is 33.0 Å². The van der Waals surface area contributed by atoms with Crippen LogP contribution in [0, 0.1) is 11.3 Å². The quantitative estimate of drug-likeness (QED) is 0.559. The highest BCUT2D eigenvalue weighted by Crippen LogP contribution is 2.03. The Balaban J connectivity index is 2.33. The molecule has 0 atom stereocenters. The van der Waals surface area contributed by atoms with Crippen LogP contribution < -0.4 is 0 Å². The Morgan fingerprint density at radius 2 is 2.07 bits per heavy atom. The van der Waals surface area contributed by atoms with Gasteiger partial charge in [0.15, 0.2) is 5.05 Å². The second kappa shape index (κ2) is 6.11. The van der Waals surface area contributed by atoms with Crippen LogP contribution in [0.5, 0.6) is 0 Å².